The van der Waals surface area contributed by atoms with Crippen molar-refractivity contribution < 1.29 is 19.4 Å². The second kappa shape index (κ2) is 34.6. The minimum atomic E-state index is -0.783. The molecular formula is C40H64O4. The van der Waals surface area contributed by atoms with Crippen molar-refractivity contribution in [2.75, 3.05) is 0 Å². The standard InChI is InChI=1S/C40H64O4/c1-3-5-7-9-11-13-15-17-19-21-23-25-27-29-31-37-40(43)44-38(35-32-33-36-39(41)42)34-30-28-26-24-22-20-18-16-14-12-10-8-6-4-2/h6,8,11-14,17-20,24,26,30,34,38H,3-5,7,9-10,15-16,21-23,25,27-29,31-33,35-37H2,1-2H3,(H,41,42)/b8-6-,13-11-,14-12-,19-17-,20-18-,26-24-,34-30-. The van der Waals surface area contributed by atoms with Crippen molar-refractivity contribution in [1.29, 1.82) is 0 Å². The molecule has 0 fully saturated rings. The zero-order chi connectivity index (χ0) is 32.2. The van der Waals surface area contributed by atoms with Crippen LogP contribution in [0.25, 0.3) is 0 Å². The van der Waals surface area contributed by atoms with Crippen LogP contribution < -0.4 is 0 Å². The Hall–Kier alpha value is -2.88. The Morgan fingerprint density at radius 1 is 0.545 bits per heavy atom. The average Bonchev–Trinajstić information content (AvgIpc) is 3.01. The molecule has 1 unspecified atom stereocenters. The number of esters is 1. The van der Waals surface area contributed by atoms with Crippen LogP contribution in [0.3, 0.4) is 0 Å². The number of rotatable bonds is 30. The van der Waals surface area contributed by atoms with Gasteiger partial charge < -0.3 is 9.84 Å². The van der Waals surface area contributed by atoms with E-state index < -0.39 is 5.97 Å². The van der Waals surface area contributed by atoms with Gasteiger partial charge in [0, 0.05) is 12.8 Å². The van der Waals surface area contributed by atoms with E-state index in [0.29, 0.717) is 19.3 Å². The van der Waals surface area contributed by atoms with Gasteiger partial charge in [-0.3, -0.25) is 9.59 Å². The van der Waals surface area contributed by atoms with Gasteiger partial charge in [0.05, 0.1) is 0 Å². The van der Waals surface area contributed by atoms with E-state index in [2.05, 4.69) is 86.8 Å². The van der Waals surface area contributed by atoms with Crippen LogP contribution in [-0.4, -0.2) is 23.1 Å². The molecule has 0 aromatic carbocycles. The first-order chi connectivity index (χ1) is 21.6. The molecule has 1 N–H and O–H groups in total. The quantitative estimate of drug-likeness (QED) is 0.0500. The third kappa shape index (κ3) is 33.6. The van der Waals surface area contributed by atoms with Crippen LogP contribution in [0.15, 0.2) is 85.1 Å². The number of carboxylic acids is 1. The Morgan fingerprint density at radius 2 is 1.02 bits per heavy atom. The summed E-state index contributed by atoms with van der Waals surface area (Å²) in [5.74, 6) is -0.936. The molecule has 0 aromatic rings. The fourth-order valence-corrected chi connectivity index (χ4v) is 4.51. The molecule has 0 aliphatic heterocycles. The van der Waals surface area contributed by atoms with E-state index in [4.69, 9.17) is 9.84 Å². The van der Waals surface area contributed by atoms with E-state index in [1.807, 2.05) is 12.2 Å². The number of hydrogen-bond donors (Lipinski definition) is 1. The van der Waals surface area contributed by atoms with Gasteiger partial charge in [0.25, 0.3) is 0 Å². The normalized spacial score (nSPS) is 13.3. The van der Waals surface area contributed by atoms with Crippen LogP contribution in [-0.2, 0) is 14.3 Å². The summed E-state index contributed by atoms with van der Waals surface area (Å²) < 4.78 is 5.76. The Morgan fingerprint density at radius 3 is 1.59 bits per heavy atom. The van der Waals surface area contributed by atoms with Crippen molar-refractivity contribution in [3.63, 3.8) is 0 Å². The van der Waals surface area contributed by atoms with Crippen LogP contribution in [0.2, 0.25) is 0 Å². The molecule has 4 nitrogen and oxygen atoms in total. The minimum absolute atomic E-state index is 0.151. The third-order valence-corrected chi connectivity index (χ3v) is 7.09. The lowest BCUT2D eigenvalue weighted by Crippen LogP contribution is -2.16. The molecule has 0 rings (SSSR count). The molecule has 0 amide bonds. The van der Waals surface area contributed by atoms with E-state index in [-0.39, 0.29) is 18.5 Å². The maximum absolute atomic E-state index is 12.5. The van der Waals surface area contributed by atoms with Crippen LogP contribution in [0.1, 0.15) is 149 Å². The SMILES string of the molecule is CC/C=C\C/C=C\C/C=C\C/C=C\C/C=C\C(CCCCC(=O)O)OC(=O)CCCCCCC/C=C\C/C=C\CCCCC. The predicted molar refractivity (Wildman–Crippen MR) is 190 cm³/mol. The van der Waals surface area contributed by atoms with E-state index in [9.17, 15) is 9.59 Å². The first-order valence-corrected chi connectivity index (χ1v) is 17.6. The van der Waals surface area contributed by atoms with Gasteiger partial charge in [0.1, 0.15) is 6.10 Å². The maximum atomic E-state index is 12.5. The minimum Gasteiger partial charge on any atom is -0.481 e. The number of carbonyl (C=O) groups is 2. The summed E-state index contributed by atoms with van der Waals surface area (Å²) in [6, 6.07) is 0. The lowest BCUT2D eigenvalue weighted by molar-refractivity contribution is -0.147. The molecule has 1 atom stereocenters. The maximum Gasteiger partial charge on any atom is 0.306 e. The summed E-state index contributed by atoms with van der Waals surface area (Å²) in [6.45, 7) is 4.38. The Balaban J connectivity index is 4.19. The van der Waals surface area contributed by atoms with Gasteiger partial charge in [0.2, 0.25) is 0 Å². The summed E-state index contributed by atoms with van der Waals surface area (Å²) in [5.41, 5.74) is 0. The number of ether oxygens (including phenoxy) is 1. The van der Waals surface area contributed by atoms with Gasteiger partial charge >= 0.3 is 11.9 Å². The second-order valence-corrected chi connectivity index (χ2v) is 11.3. The molecule has 0 bridgehead atoms. The first kappa shape index (κ1) is 41.1. The van der Waals surface area contributed by atoms with Gasteiger partial charge in [-0.15, -0.1) is 0 Å². The van der Waals surface area contributed by atoms with Crippen molar-refractivity contribution >= 4 is 11.9 Å². The zero-order valence-electron chi connectivity index (χ0n) is 28.2. The van der Waals surface area contributed by atoms with Gasteiger partial charge in [0.15, 0.2) is 0 Å². The molecule has 0 aliphatic rings. The smallest absolute Gasteiger partial charge is 0.306 e. The number of aliphatic carboxylic acids is 1. The Labute approximate surface area is 270 Å². The largest absolute Gasteiger partial charge is 0.481 e. The van der Waals surface area contributed by atoms with Gasteiger partial charge in [-0.2, -0.15) is 0 Å². The average molecular weight is 609 g/mol. The number of allylic oxidation sites excluding steroid dienone is 13. The molecule has 0 aliphatic carbocycles. The van der Waals surface area contributed by atoms with Crippen molar-refractivity contribution in [1.82, 2.24) is 0 Å². The molecule has 44 heavy (non-hydrogen) atoms. The van der Waals surface area contributed by atoms with Crippen LogP contribution in [0, 0.1) is 0 Å². The van der Waals surface area contributed by atoms with Gasteiger partial charge in [-0.1, -0.05) is 125 Å². The Kier molecular flexibility index (Phi) is 32.3. The van der Waals surface area contributed by atoms with Crippen molar-refractivity contribution in [3.8, 4) is 0 Å². The summed E-state index contributed by atoms with van der Waals surface area (Å²) in [4.78, 5) is 23.3. The Bertz CT molecular complexity index is 872. The first-order valence-electron chi connectivity index (χ1n) is 17.6. The summed E-state index contributed by atoms with van der Waals surface area (Å²) >= 11 is 0. The molecular weight excluding hydrogens is 544 g/mol. The lowest BCUT2D eigenvalue weighted by Gasteiger charge is -2.14. The molecule has 4 heteroatoms. The second-order valence-electron chi connectivity index (χ2n) is 11.3. The highest BCUT2D eigenvalue weighted by atomic mass is 16.5. The van der Waals surface area contributed by atoms with Crippen molar-refractivity contribution in [3.05, 3.63) is 85.1 Å². The third-order valence-electron chi connectivity index (χ3n) is 7.09. The summed E-state index contributed by atoms with van der Waals surface area (Å²) in [5, 5.41) is 8.91. The fraction of sp³-hybridized carbons (Fsp3) is 0.600. The predicted octanol–water partition coefficient (Wildman–Crippen LogP) is 12.1. The number of carboxylic acid groups (broad SMARTS) is 1. The van der Waals surface area contributed by atoms with Gasteiger partial charge in [-0.05, 0) is 96.0 Å². The highest BCUT2D eigenvalue weighted by molar-refractivity contribution is 5.69. The highest BCUT2D eigenvalue weighted by Crippen LogP contribution is 2.13. The van der Waals surface area contributed by atoms with Crippen LogP contribution >= 0.6 is 0 Å². The number of unbranched alkanes of at least 4 members (excludes halogenated alkanes) is 9. The van der Waals surface area contributed by atoms with Crippen molar-refractivity contribution in [2.45, 2.75) is 155 Å². The van der Waals surface area contributed by atoms with Crippen LogP contribution in [0.4, 0.5) is 0 Å². The molecule has 0 radical (unpaired) electrons. The van der Waals surface area contributed by atoms with E-state index in [0.717, 1.165) is 70.6 Å². The van der Waals surface area contributed by atoms with Crippen molar-refractivity contribution in [2.24, 2.45) is 0 Å². The summed E-state index contributed by atoms with van der Waals surface area (Å²) in [6.07, 6.45) is 50.2. The highest BCUT2D eigenvalue weighted by Gasteiger charge is 2.11. The van der Waals surface area contributed by atoms with Crippen LogP contribution in [0.5, 0.6) is 0 Å². The molecule has 0 saturated carbocycles. The van der Waals surface area contributed by atoms with E-state index in [1.54, 1.807) is 0 Å². The molecule has 0 saturated heterocycles. The summed E-state index contributed by atoms with van der Waals surface area (Å²) in [7, 11) is 0. The fourth-order valence-electron chi connectivity index (χ4n) is 4.51. The van der Waals surface area contributed by atoms with E-state index in [1.165, 1.54) is 38.5 Å². The monoisotopic (exact) mass is 608 g/mol. The number of carbonyl (C=O) groups excluding carboxylic acids is 1. The van der Waals surface area contributed by atoms with Gasteiger partial charge in [-0.25, -0.2) is 0 Å². The topological polar surface area (TPSA) is 63.6 Å². The number of hydrogen-bond acceptors (Lipinski definition) is 3. The molecule has 248 valence electrons. The lowest BCUT2D eigenvalue weighted by atomic mass is 10.1. The molecule has 0 heterocycles. The molecule has 0 spiro atoms. The molecule has 0 aromatic heterocycles. The van der Waals surface area contributed by atoms with E-state index >= 15 is 0 Å². The zero-order valence-corrected chi connectivity index (χ0v) is 28.2.